The van der Waals surface area contributed by atoms with Gasteiger partial charge in [0, 0.05) is 12.1 Å². The summed E-state index contributed by atoms with van der Waals surface area (Å²) in [5.41, 5.74) is 10.1. The van der Waals surface area contributed by atoms with E-state index in [0.29, 0.717) is 5.56 Å². The molecule has 1 aliphatic carbocycles. The van der Waals surface area contributed by atoms with Gasteiger partial charge in [0.1, 0.15) is 0 Å². The molecule has 0 unspecified atom stereocenters. The number of carbonyl (C=O) groups is 1. The molecule has 138 valence electrons. The first-order valence-electron chi connectivity index (χ1n) is 9.73. The van der Waals surface area contributed by atoms with Crippen molar-refractivity contribution in [3.05, 3.63) is 70.8 Å². The number of carbonyl (C=O) groups excluding carboxylic acids is 1. The topological polar surface area (TPSA) is 70.1 Å². The predicted molar refractivity (Wildman–Crippen MR) is 105 cm³/mol. The van der Waals surface area contributed by atoms with E-state index in [0.717, 1.165) is 36.8 Å². The van der Waals surface area contributed by atoms with Crippen LogP contribution < -0.4 is 5.73 Å². The number of aryl methyl sites for hydroxylation is 1. The highest BCUT2D eigenvalue weighted by Crippen LogP contribution is 2.49. The Morgan fingerprint density at radius 3 is 2.15 bits per heavy atom. The fourth-order valence-corrected chi connectivity index (χ4v) is 4.50. The second kappa shape index (κ2) is 7.17. The highest BCUT2D eigenvalue weighted by atomic mass is 16.2. The lowest BCUT2D eigenvalue weighted by molar-refractivity contribution is -0.156. The first kappa shape index (κ1) is 17.8. The molecule has 0 bridgehead atoms. The average molecular weight is 359 g/mol. The third-order valence-corrected chi connectivity index (χ3v) is 6.09. The number of benzene rings is 2. The Hall–Kier alpha value is -2.64. The number of amides is 1. The van der Waals surface area contributed by atoms with Crippen molar-refractivity contribution >= 4 is 5.91 Å². The van der Waals surface area contributed by atoms with E-state index in [1.54, 1.807) is 0 Å². The molecule has 4 heteroatoms. The second-order valence-corrected chi connectivity index (χ2v) is 7.88. The summed E-state index contributed by atoms with van der Waals surface area (Å²) in [5, 5.41) is 9.09. The summed E-state index contributed by atoms with van der Waals surface area (Å²) in [7, 11) is 0. The van der Waals surface area contributed by atoms with Crippen LogP contribution in [0.5, 0.6) is 0 Å². The third-order valence-electron chi connectivity index (χ3n) is 6.09. The maximum atomic E-state index is 13.2. The quantitative estimate of drug-likeness (QED) is 0.847. The molecule has 1 saturated heterocycles. The minimum atomic E-state index is -0.144. The van der Waals surface area contributed by atoms with Gasteiger partial charge in [-0.2, -0.15) is 5.26 Å². The van der Waals surface area contributed by atoms with Crippen LogP contribution in [0.1, 0.15) is 59.9 Å². The van der Waals surface area contributed by atoms with Gasteiger partial charge in [-0.1, -0.05) is 42.0 Å². The molecule has 2 aromatic carbocycles. The smallest absolute Gasteiger partial charge is 0.233 e. The van der Waals surface area contributed by atoms with E-state index in [9.17, 15) is 4.79 Å². The molecular formula is C23H25N3O. The van der Waals surface area contributed by atoms with E-state index in [2.05, 4.69) is 42.2 Å². The number of nitrogens with two attached hydrogens (primary N) is 1. The highest BCUT2D eigenvalue weighted by molar-refractivity contribution is 5.92. The maximum Gasteiger partial charge on any atom is 0.233 e. The maximum absolute atomic E-state index is 13.2. The summed E-state index contributed by atoms with van der Waals surface area (Å²) in [5.74, 6) is 0.0721. The van der Waals surface area contributed by atoms with E-state index in [1.807, 2.05) is 24.3 Å². The van der Waals surface area contributed by atoms with E-state index >= 15 is 0 Å². The molecule has 1 amide bonds. The summed E-state index contributed by atoms with van der Waals surface area (Å²) in [6.07, 6.45) is 3.90. The minimum Gasteiger partial charge on any atom is -0.331 e. The van der Waals surface area contributed by atoms with Crippen molar-refractivity contribution in [2.24, 2.45) is 5.73 Å². The molecule has 2 aliphatic rings. The number of hydrogen-bond donors (Lipinski definition) is 1. The summed E-state index contributed by atoms with van der Waals surface area (Å²) in [4.78, 5) is 15.3. The van der Waals surface area contributed by atoms with Gasteiger partial charge in [-0.05, 0) is 55.9 Å². The fraction of sp³-hybridized carbons (Fsp3) is 0.391. The van der Waals surface area contributed by atoms with Gasteiger partial charge in [0.05, 0.1) is 23.6 Å². The molecule has 1 aliphatic heterocycles. The third kappa shape index (κ3) is 3.24. The SMILES string of the molecule is Cc1ccc([C@H]2C(=O)N(C3CCC(N)CC3)[C@H]2c2ccc(C#N)cc2)cc1. The molecule has 4 rings (SSSR count). The standard InChI is InChI=1S/C23H25N3O/c1-15-2-6-17(7-3-15)21-22(18-8-4-16(14-24)5-9-18)26(23(21)27)20-12-10-19(25)11-13-20/h2-9,19-22H,10-13,25H2,1H3/t19?,20?,21-,22+/m1/s1. The van der Waals surface area contributed by atoms with Crippen molar-refractivity contribution in [1.29, 1.82) is 5.26 Å². The lowest BCUT2D eigenvalue weighted by atomic mass is 9.74. The van der Waals surface area contributed by atoms with Crippen LogP contribution in [0, 0.1) is 18.3 Å². The Balaban J connectivity index is 1.67. The zero-order valence-corrected chi connectivity index (χ0v) is 15.6. The average Bonchev–Trinajstić information content (AvgIpc) is 2.69. The van der Waals surface area contributed by atoms with Crippen LogP contribution in [-0.4, -0.2) is 22.9 Å². The minimum absolute atomic E-state index is 0.0345. The Bertz CT molecular complexity index is 858. The molecule has 0 spiro atoms. The summed E-state index contributed by atoms with van der Waals surface area (Å²) in [6.45, 7) is 2.06. The monoisotopic (exact) mass is 359 g/mol. The van der Waals surface area contributed by atoms with Crippen LogP contribution in [0.3, 0.4) is 0 Å². The summed E-state index contributed by atoms with van der Waals surface area (Å²) >= 11 is 0. The molecule has 4 nitrogen and oxygen atoms in total. The second-order valence-electron chi connectivity index (χ2n) is 7.88. The van der Waals surface area contributed by atoms with Crippen LogP contribution in [0.15, 0.2) is 48.5 Å². The zero-order chi connectivity index (χ0) is 19.0. The molecule has 2 fully saturated rings. The number of likely N-dealkylation sites (tertiary alicyclic amines) is 1. The molecule has 1 heterocycles. The number of hydrogen-bond acceptors (Lipinski definition) is 3. The van der Waals surface area contributed by atoms with Crippen molar-refractivity contribution in [3.8, 4) is 6.07 Å². The first-order valence-corrected chi connectivity index (χ1v) is 9.73. The van der Waals surface area contributed by atoms with Crippen LogP contribution in [0.2, 0.25) is 0 Å². The van der Waals surface area contributed by atoms with Gasteiger partial charge in [0.25, 0.3) is 0 Å². The van der Waals surface area contributed by atoms with Crippen LogP contribution in [0.4, 0.5) is 0 Å². The van der Waals surface area contributed by atoms with Gasteiger partial charge in [0.2, 0.25) is 5.91 Å². The van der Waals surface area contributed by atoms with Gasteiger partial charge in [-0.15, -0.1) is 0 Å². The largest absolute Gasteiger partial charge is 0.331 e. The molecule has 0 aromatic heterocycles. The normalized spacial score (nSPS) is 27.7. The fourth-order valence-electron chi connectivity index (χ4n) is 4.50. The molecule has 1 saturated carbocycles. The molecular weight excluding hydrogens is 334 g/mol. The van der Waals surface area contributed by atoms with E-state index < -0.39 is 0 Å². The summed E-state index contributed by atoms with van der Waals surface area (Å²) in [6, 6.07) is 18.7. The van der Waals surface area contributed by atoms with Crippen LogP contribution >= 0.6 is 0 Å². The first-order chi connectivity index (χ1) is 13.1. The van der Waals surface area contributed by atoms with Crippen LogP contribution in [0.25, 0.3) is 0 Å². The van der Waals surface area contributed by atoms with Gasteiger partial charge < -0.3 is 10.6 Å². The highest BCUT2D eigenvalue weighted by Gasteiger charge is 2.51. The van der Waals surface area contributed by atoms with Gasteiger partial charge in [-0.25, -0.2) is 0 Å². The molecule has 0 radical (unpaired) electrons. The molecule has 2 N–H and O–H groups in total. The van der Waals surface area contributed by atoms with E-state index in [-0.39, 0.29) is 30.0 Å². The number of nitrogens with zero attached hydrogens (tertiary/aromatic N) is 2. The number of rotatable bonds is 3. The lowest BCUT2D eigenvalue weighted by Crippen LogP contribution is -2.58. The van der Waals surface area contributed by atoms with E-state index in [4.69, 9.17) is 11.0 Å². The lowest BCUT2D eigenvalue weighted by Gasteiger charge is -2.53. The predicted octanol–water partition coefficient (Wildman–Crippen LogP) is 3.80. The van der Waals surface area contributed by atoms with Gasteiger partial charge in [-0.3, -0.25) is 4.79 Å². The van der Waals surface area contributed by atoms with E-state index in [1.165, 1.54) is 5.56 Å². The van der Waals surface area contributed by atoms with Crippen molar-refractivity contribution in [2.75, 3.05) is 0 Å². The molecule has 2 aromatic rings. The number of nitriles is 1. The summed E-state index contributed by atoms with van der Waals surface area (Å²) < 4.78 is 0. The van der Waals surface area contributed by atoms with Crippen molar-refractivity contribution in [3.63, 3.8) is 0 Å². The van der Waals surface area contributed by atoms with Crippen LogP contribution in [-0.2, 0) is 4.79 Å². The molecule has 27 heavy (non-hydrogen) atoms. The van der Waals surface area contributed by atoms with Crippen molar-refractivity contribution < 1.29 is 4.79 Å². The van der Waals surface area contributed by atoms with Gasteiger partial charge >= 0.3 is 0 Å². The zero-order valence-electron chi connectivity index (χ0n) is 15.6. The Morgan fingerprint density at radius 1 is 0.963 bits per heavy atom. The van der Waals surface area contributed by atoms with Crippen molar-refractivity contribution in [1.82, 2.24) is 4.90 Å². The molecule has 2 atom stereocenters. The Morgan fingerprint density at radius 2 is 1.56 bits per heavy atom. The Labute approximate surface area is 160 Å². The number of β-lactam (4-membered cyclic amide) rings is 1. The van der Waals surface area contributed by atoms with Crippen molar-refractivity contribution in [2.45, 2.75) is 56.7 Å². The van der Waals surface area contributed by atoms with Gasteiger partial charge in [0.15, 0.2) is 0 Å². The Kier molecular flexibility index (Phi) is 4.72.